The topological polar surface area (TPSA) is 81.2 Å². The smallest absolute Gasteiger partial charge is 0.265 e. The van der Waals surface area contributed by atoms with Crippen LogP contribution in [0.25, 0.3) is 6.08 Å². The molecule has 2 aromatic carbocycles. The summed E-state index contributed by atoms with van der Waals surface area (Å²) in [5.74, 6) is 0. The van der Waals surface area contributed by atoms with Gasteiger partial charge in [-0.05, 0) is 36.2 Å². The molecule has 6 nitrogen and oxygen atoms in total. The standard InChI is InChI=1S/C18H13ClN3O3S/c19-15-8-14-11-21(23)5-4-16(14)18(9-15)26(24,25)22-6-3-13-2-1-12(10-20)7-17(13)22/h1-2,4-5,7-9H,3,6,11H2/q+1. The van der Waals surface area contributed by atoms with Gasteiger partial charge in [-0.3, -0.25) is 4.31 Å². The number of benzene rings is 2. The summed E-state index contributed by atoms with van der Waals surface area (Å²) >= 11 is 6.12. The highest BCUT2D eigenvalue weighted by atomic mass is 35.5. The van der Waals surface area contributed by atoms with Gasteiger partial charge in [0.25, 0.3) is 10.0 Å². The Morgan fingerprint density at radius 2 is 2.00 bits per heavy atom. The van der Waals surface area contributed by atoms with Crippen molar-refractivity contribution in [3.05, 3.63) is 68.7 Å². The third-order valence-corrected chi connectivity index (χ3v) is 6.63. The Morgan fingerprint density at radius 1 is 1.19 bits per heavy atom. The zero-order valence-electron chi connectivity index (χ0n) is 13.5. The molecule has 4 rings (SSSR count). The summed E-state index contributed by atoms with van der Waals surface area (Å²) in [5, 5.41) is 9.38. The van der Waals surface area contributed by atoms with E-state index in [1.807, 2.05) is 6.07 Å². The van der Waals surface area contributed by atoms with Crippen LogP contribution in [0.1, 0.15) is 22.3 Å². The number of sulfonamides is 1. The quantitative estimate of drug-likeness (QED) is 0.742. The summed E-state index contributed by atoms with van der Waals surface area (Å²) < 4.78 is 28.8. The van der Waals surface area contributed by atoms with Crippen LogP contribution in [0, 0.1) is 16.2 Å². The highest BCUT2D eigenvalue weighted by molar-refractivity contribution is 7.93. The van der Waals surface area contributed by atoms with Gasteiger partial charge in [-0.25, -0.2) is 8.42 Å². The molecule has 0 unspecified atom stereocenters. The van der Waals surface area contributed by atoms with Crippen LogP contribution in [0.2, 0.25) is 5.02 Å². The first-order chi connectivity index (χ1) is 12.4. The molecule has 0 saturated carbocycles. The lowest BCUT2D eigenvalue weighted by atomic mass is 10.1. The fraction of sp³-hybridized carbons (Fsp3) is 0.167. The predicted octanol–water partition coefficient (Wildman–Crippen LogP) is 3.23. The number of anilines is 1. The van der Waals surface area contributed by atoms with Gasteiger partial charge < -0.3 is 0 Å². The van der Waals surface area contributed by atoms with E-state index in [2.05, 4.69) is 0 Å². The Balaban J connectivity index is 1.88. The van der Waals surface area contributed by atoms with Crippen molar-refractivity contribution in [2.75, 3.05) is 10.8 Å². The summed E-state index contributed by atoms with van der Waals surface area (Å²) in [6.45, 7) is 0.343. The molecule has 0 aromatic heterocycles. The van der Waals surface area contributed by atoms with E-state index in [-0.39, 0.29) is 16.5 Å². The Labute approximate surface area is 155 Å². The SMILES string of the molecule is N#Cc1ccc2c(c1)N(S(=O)(=O)c1cc(Cl)cc3c1C=C[N+](=O)C3)CC2. The van der Waals surface area contributed by atoms with Gasteiger partial charge in [0, 0.05) is 38.4 Å². The lowest BCUT2D eigenvalue weighted by molar-refractivity contribution is -0.496. The third-order valence-electron chi connectivity index (χ3n) is 4.56. The number of nitroso groups, excluding NO2 is 1. The maximum absolute atomic E-state index is 13.4. The minimum atomic E-state index is -3.89. The van der Waals surface area contributed by atoms with Crippen molar-refractivity contribution in [1.82, 2.24) is 0 Å². The van der Waals surface area contributed by atoms with E-state index in [4.69, 9.17) is 16.9 Å². The number of fused-ring (bicyclic) bond motifs is 2. The molecule has 0 atom stereocenters. The molecule has 26 heavy (non-hydrogen) atoms. The van der Waals surface area contributed by atoms with Gasteiger partial charge in [0.2, 0.25) is 12.7 Å². The molecule has 0 bridgehead atoms. The lowest BCUT2D eigenvalue weighted by Crippen LogP contribution is -2.30. The Hall–Kier alpha value is -2.69. The monoisotopic (exact) mass is 386 g/mol. The van der Waals surface area contributed by atoms with Crippen molar-refractivity contribution < 1.29 is 13.2 Å². The van der Waals surface area contributed by atoms with E-state index in [0.29, 0.717) is 35.3 Å². The maximum Gasteiger partial charge on any atom is 0.265 e. The van der Waals surface area contributed by atoms with E-state index in [1.165, 1.54) is 22.6 Å². The largest absolute Gasteiger partial charge is 0.266 e. The summed E-state index contributed by atoms with van der Waals surface area (Å²) in [7, 11) is -3.89. The second-order valence-corrected chi connectivity index (χ2v) is 8.42. The fourth-order valence-electron chi connectivity index (χ4n) is 3.35. The highest BCUT2D eigenvalue weighted by Crippen LogP contribution is 2.37. The number of hydrogen-bond acceptors (Lipinski definition) is 4. The molecule has 130 valence electrons. The van der Waals surface area contributed by atoms with Gasteiger partial charge in [-0.2, -0.15) is 5.26 Å². The predicted molar refractivity (Wildman–Crippen MR) is 97.2 cm³/mol. The van der Waals surface area contributed by atoms with Gasteiger partial charge in [0.05, 0.1) is 22.2 Å². The van der Waals surface area contributed by atoms with Crippen molar-refractivity contribution >= 4 is 33.4 Å². The minimum absolute atomic E-state index is 0.0457. The molecule has 8 heteroatoms. The number of nitriles is 1. The van der Waals surface area contributed by atoms with Crippen molar-refractivity contribution in [2.45, 2.75) is 17.9 Å². The second kappa shape index (κ2) is 5.94. The van der Waals surface area contributed by atoms with E-state index >= 15 is 0 Å². The molecule has 0 spiro atoms. The highest BCUT2D eigenvalue weighted by Gasteiger charge is 2.34. The van der Waals surface area contributed by atoms with Crippen molar-refractivity contribution in [2.24, 2.45) is 0 Å². The van der Waals surface area contributed by atoms with Crippen molar-refractivity contribution in [3.8, 4) is 6.07 Å². The summed E-state index contributed by atoms with van der Waals surface area (Å²) in [6, 6.07) is 10.1. The molecule has 2 heterocycles. The summed E-state index contributed by atoms with van der Waals surface area (Å²) in [5.41, 5.74) is 2.85. The molecule has 0 radical (unpaired) electrons. The fourth-order valence-corrected chi connectivity index (χ4v) is 5.40. The zero-order chi connectivity index (χ0) is 18.5. The van der Waals surface area contributed by atoms with Gasteiger partial charge in [-0.15, -0.1) is 0 Å². The Kier molecular flexibility index (Phi) is 3.83. The van der Waals surface area contributed by atoms with E-state index in [9.17, 15) is 13.3 Å². The molecule has 2 aliphatic rings. The summed E-state index contributed by atoms with van der Waals surface area (Å²) in [6.07, 6.45) is 3.38. The van der Waals surface area contributed by atoms with E-state index < -0.39 is 10.0 Å². The molecular formula is C18H13ClN3O3S+. The number of hydrogen-bond donors (Lipinski definition) is 0. The first kappa shape index (κ1) is 16.8. The number of halogens is 1. The van der Waals surface area contributed by atoms with Gasteiger partial charge in [-0.1, -0.05) is 17.7 Å². The molecule has 2 aliphatic heterocycles. The van der Waals surface area contributed by atoms with Crippen LogP contribution in [0.5, 0.6) is 0 Å². The van der Waals surface area contributed by atoms with Gasteiger partial charge >= 0.3 is 0 Å². The minimum Gasteiger partial charge on any atom is -0.266 e. The van der Waals surface area contributed by atoms with Crippen molar-refractivity contribution in [1.29, 1.82) is 5.26 Å². The first-order valence-electron chi connectivity index (χ1n) is 7.90. The Bertz CT molecular complexity index is 1130. The van der Waals surface area contributed by atoms with E-state index in [0.717, 1.165) is 10.3 Å². The zero-order valence-corrected chi connectivity index (χ0v) is 15.1. The molecule has 0 amide bonds. The number of rotatable bonds is 2. The van der Waals surface area contributed by atoms with Gasteiger partial charge in [0.1, 0.15) is 0 Å². The average Bonchev–Trinajstić information content (AvgIpc) is 3.04. The molecule has 0 N–H and O–H groups in total. The number of nitrogens with zero attached hydrogens (tertiary/aromatic N) is 3. The van der Waals surface area contributed by atoms with Crippen molar-refractivity contribution in [3.63, 3.8) is 0 Å². The first-order valence-corrected chi connectivity index (χ1v) is 9.72. The average molecular weight is 387 g/mol. The maximum atomic E-state index is 13.4. The summed E-state index contributed by atoms with van der Waals surface area (Å²) in [4.78, 5) is 11.7. The Morgan fingerprint density at radius 3 is 2.77 bits per heavy atom. The van der Waals surface area contributed by atoms with Crippen LogP contribution >= 0.6 is 11.6 Å². The van der Waals surface area contributed by atoms with Crippen LogP contribution in [0.15, 0.2) is 41.4 Å². The van der Waals surface area contributed by atoms with Crippen LogP contribution in [-0.2, 0) is 23.0 Å². The van der Waals surface area contributed by atoms with Crippen LogP contribution in [0.3, 0.4) is 0 Å². The third kappa shape index (κ3) is 2.59. The molecular weight excluding hydrogens is 374 g/mol. The molecule has 0 fully saturated rings. The van der Waals surface area contributed by atoms with Gasteiger partial charge in [0.15, 0.2) is 0 Å². The van der Waals surface area contributed by atoms with Crippen LogP contribution in [0.4, 0.5) is 5.69 Å². The molecule has 0 saturated heterocycles. The van der Waals surface area contributed by atoms with Crippen LogP contribution in [-0.4, -0.2) is 19.7 Å². The second-order valence-electron chi connectivity index (χ2n) is 6.15. The van der Waals surface area contributed by atoms with E-state index in [1.54, 1.807) is 24.3 Å². The normalized spacial score (nSPS) is 15.5. The lowest BCUT2D eigenvalue weighted by Gasteiger charge is -2.22. The van der Waals surface area contributed by atoms with Crippen LogP contribution < -0.4 is 4.31 Å². The molecule has 0 aliphatic carbocycles. The molecule has 2 aromatic rings.